The van der Waals surface area contributed by atoms with Gasteiger partial charge in [0.2, 0.25) is 5.91 Å². The molecule has 3 heterocycles. The van der Waals surface area contributed by atoms with Crippen LogP contribution in [0.25, 0.3) is 0 Å². The monoisotopic (exact) mass is 519 g/mol. The summed E-state index contributed by atoms with van der Waals surface area (Å²) in [6.07, 6.45) is 11.5. The number of hydrogen-bond donors (Lipinski definition) is 1. The molecule has 2 aliphatic heterocycles. The van der Waals surface area contributed by atoms with Crippen LogP contribution < -0.4 is 5.32 Å². The zero-order chi connectivity index (χ0) is 25.8. The number of rotatable bonds is 8. The highest BCUT2D eigenvalue weighted by Crippen LogP contribution is 2.32. The molecule has 9 heteroatoms. The summed E-state index contributed by atoms with van der Waals surface area (Å²) < 4.78 is 5.02. The van der Waals surface area contributed by atoms with Gasteiger partial charge in [-0.15, -0.1) is 0 Å². The molecule has 1 N–H and O–H groups in total. The van der Waals surface area contributed by atoms with Crippen LogP contribution in [-0.4, -0.2) is 76.0 Å². The summed E-state index contributed by atoms with van der Waals surface area (Å²) >= 11 is 1.59. The molecule has 0 spiro atoms. The van der Waals surface area contributed by atoms with Crippen LogP contribution in [0.5, 0.6) is 0 Å². The van der Waals surface area contributed by atoms with Gasteiger partial charge in [0, 0.05) is 23.6 Å². The van der Waals surface area contributed by atoms with E-state index in [9.17, 15) is 19.2 Å². The zero-order valence-corrected chi connectivity index (χ0v) is 21.2. The van der Waals surface area contributed by atoms with Crippen LogP contribution in [0.15, 0.2) is 77.1 Å². The van der Waals surface area contributed by atoms with Gasteiger partial charge in [0.25, 0.3) is 11.8 Å². The molecular formula is C28H29N3O5S. The van der Waals surface area contributed by atoms with E-state index in [4.69, 9.17) is 4.42 Å². The molecular weight excluding hydrogens is 490 g/mol. The lowest BCUT2D eigenvalue weighted by Gasteiger charge is -2.28. The number of nitrogens with one attached hydrogen (secondary N) is 1. The summed E-state index contributed by atoms with van der Waals surface area (Å²) in [5, 5.41) is 2.85. The second-order valence-corrected chi connectivity index (χ2v) is 10.5. The summed E-state index contributed by atoms with van der Waals surface area (Å²) in [6.45, 7) is 0.340. The van der Waals surface area contributed by atoms with Crippen molar-refractivity contribution in [2.24, 2.45) is 0 Å². The Morgan fingerprint density at radius 1 is 1.11 bits per heavy atom. The number of amides is 3. The molecule has 0 radical (unpaired) electrons. The highest BCUT2D eigenvalue weighted by molar-refractivity contribution is 7.99. The third-order valence-electron chi connectivity index (χ3n) is 7.05. The van der Waals surface area contributed by atoms with Crippen LogP contribution in [0, 0.1) is 0 Å². The number of benzene rings is 1. The first-order valence-corrected chi connectivity index (χ1v) is 13.6. The Bertz CT molecular complexity index is 1220. The maximum atomic E-state index is 13.8. The smallest absolute Gasteiger partial charge is 0.255 e. The Labute approximate surface area is 219 Å². The zero-order valence-electron chi connectivity index (χ0n) is 20.4. The van der Waals surface area contributed by atoms with Crippen molar-refractivity contribution in [1.29, 1.82) is 0 Å². The minimum Gasteiger partial charge on any atom is -0.472 e. The first-order valence-electron chi connectivity index (χ1n) is 12.5. The largest absolute Gasteiger partial charge is 0.472 e. The van der Waals surface area contributed by atoms with Crippen molar-refractivity contribution in [1.82, 2.24) is 15.1 Å². The molecule has 5 rings (SSSR count). The van der Waals surface area contributed by atoms with E-state index in [1.165, 1.54) is 18.1 Å². The molecule has 0 bridgehead atoms. The Morgan fingerprint density at radius 2 is 1.95 bits per heavy atom. The third-order valence-corrected chi connectivity index (χ3v) is 8.19. The quantitative estimate of drug-likeness (QED) is 0.576. The predicted octanol–water partition coefficient (Wildman–Crippen LogP) is 3.08. The number of Topliss-reactive ketones (excluding diaryl/α,β-unsaturated/α-hetero) is 1. The number of carbonyl (C=O) groups excluding carboxylic acids is 4. The summed E-state index contributed by atoms with van der Waals surface area (Å²) in [6, 6.07) is 8.56. The molecule has 0 unspecified atom stereocenters. The second kappa shape index (κ2) is 11.2. The number of furan rings is 1. The molecule has 2 aromatic rings. The number of thioether (sulfide) groups is 1. The fourth-order valence-electron chi connectivity index (χ4n) is 5.18. The van der Waals surface area contributed by atoms with E-state index >= 15 is 0 Å². The van der Waals surface area contributed by atoms with Gasteiger partial charge in [0.05, 0.1) is 24.4 Å². The Hall–Kier alpha value is -3.59. The van der Waals surface area contributed by atoms with Gasteiger partial charge >= 0.3 is 0 Å². The van der Waals surface area contributed by atoms with E-state index in [1.807, 2.05) is 12.1 Å². The molecule has 3 aliphatic rings. The molecule has 1 aliphatic carbocycles. The number of carbonyl (C=O) groups is 4. The van der Waals surface area contributed by atoms with E-state index in [0.29, 0.717) is 29.8 Å². The van der Waals surface area contributed by atoms with Crippen LogP contribution in [0.3, 0.4) is 0 Å². The van der Waals surface area contributed by atoms with Crippen molar-refractivity contribution in [3.8, 4) is 0 Å². The Morgan fingerprint density at radius 3 is 2.68 bits per heavy atom. The van der Waals surface area contributed by atoms with Gasteiger partial charge in [-0.05, 0) is 37.5 Å². The van der Waals surface area contributed by atoms with Gasteiger partial charge < -0.3 is 19.5 Å². The van der Waals surface area contributed by atoms with Gasteiger partial charge in [-0.1, -0.05) is 42.0 Å². The number of hydrogen-bond acceptors (Lipinski definition) is 6. The van der Waals surface area contributed by atoms with Gasteiger partial charge in [0.1, 0.15) is 18.3 Å². The van der Waals surface area contributed by atoms with Gasteiger partial charge in [-0.25, -0.2) is 0 Å². The fourth-order valence-corrected chi connectivity index (χ4v) is 6.26. The van der Waals surface area contributed by atoms with Gasteiger partial charge in [-0.3, -0.25) is 19.2 Å². The molecule has 8 nitrogen and oxygen atoms in total. The van der Waals surface area contributed by atoms with E-state index in [0.717, 1.165) is 18.6 Å². The van der Waals surface area contributed by atoms with Crippen molar-refractivity contribution in [3.05, 3.63) is 83.9 Å². The van der Waals surface area contributed by atoms with Gasteiger partial charge in [-0.2, -0.15) is 11.8 Å². The third kappa shape index (κ3) is 5.41. The van der Waals surface area contributed by atoms with Crippen LogP contribution >= 0.6 is 11.8 Å². The number of fused-ring (bicyclic) bond motifs is 1. The van der Waals surface area contributed by atoms with E-state index in [2.05, 4.69) is 17.5 Å². The molecule has 1 aromatic heterocycles. The standard InChI is InChI=1S/C28H29N3O5S/c32-24-15-31(27(34)20-9-5-2-6-10-20)23-11-13-30(25(23)24)28(35)22(29-26(33)21-12-14-36-16-21)18-37-17-19-7-3-1-4-8-19/h1-3,5-7,9-10,12,14,16,22-23,25H,4,8,11,13,15,17-18H2,(H,29,33)/t22-,23+,25-/m0/s1. The SMILES string of the molecule is O=C(N[C@@H](CSCC1=CC=CCC1)C(=O)N1CC[C@@H]2[C@H]1C(=O)CN2C(=O)c1ccccc1)c1ccoc1. The van der Waals surface area contributed by atoms with Crippen molar-refractivity contribution in [3.63, 3.8) is 0 Å². The molecule has 2 fully saturated rings. The summed E-state index contributed by atoms with van der Waals surface area (Å²) in [7, 11) is 0. The van der Waals surface area contributed by atoms with E-state index in [-0.39, 0.29) is 30.2 Å². The Balaban J connectivity index is 1.30. The minimum atomic E-state index is -0.808. The second-order valence-electron chi connectivity index (χ2n) is 9.44. The van der Waals surface area contributed by atoms with Crippen molar-refractivity contribution in [2.45, 2.75) is 37.4 Å². The predicted molar refractivity (Wildman–Crippen MR) is 140 cm³/mol. The average Bonchev–Trinajstić information content (AvgIpc) is 3.68. The van der Waals surface area contributed by atoms with Crippen LogP contribution in [-0.2, 0) is 9.59 Å². The average molecular weight is 520 g/mol. The number of likely N-dealkylation sites (tertiary alicyclic amines) is 2. The molecule has 0 saturated carbocycles. The van der Waals surface area contributed by atoms with Crippen LogP contribution in [0.2, 0.25) is 0 Å². The highest BCUT2D eigenvalue weighted by atomic mass is 32.2. The molecule has 37 heavy (non-hydrogen) atoms. The van der Waals surface area contributed by atoms with Crippen LogP contribution in [0.1, 0.15) is 40.0 Å². The highest BCUT2D eigenvalue weighted by Gasteiger charge is 2.52. The molecule has 2 saturated heterocycles. The number of ketones is 1. The lowest BCUT2D eigenvalue weighted by Crippen LogP contribution is -2.53. The number of allylic oxidation sites excluding steroid dienone is 3. The van der Waals surface area contributed by atoms with Crippen molar-refractivity contribution in [2.75, 3.05) is 24.6 Å². The van der Waals surface area contributed by atoms with Gasteiger partial charge in [0.15, 0.2) is 5.78 Å². The molecule has 3 atom stereocenters. The van der Waals surface area contributed by atoms with E-state index in [1.54, 1.807) is 51.9 Å². The fraction of sp³-hybridized carbons (Fsp3) is 0.357. The summed E-state index contributed by atoms with van der Waals surface area (Å²) in [4.78, 5) is 55.9. The molecule has 3 amide bonds. The number of nitrogens with zero attached hydrogens (tertiary/aromatic N) is 2. The minimum absolute atomic E-state index is 0.0185. The van der Waals surface area contributed by atoms with Crippen molar-refractivity contribution >= 4 is 35.3 Å². The first-order chi connectivity index (χ1) is 18.0. The topological polar surface area (TPSA) is 99.9 Å². The first kappa shape index (κ1) is 25.1. The van der Waals surface area contributed by atoms with E-state index < -0.39 is 18.0 Å². The Kier molecular flexibility index (Phi) is 7.60. The molecule has 192 valence electrons. The summed E-state index contributed by atoms with van der Waals surface area (Å²) in [5.74, 6) is 0.0921. The van der Waals surface area contributed by atoms with Crippen molar-refractivity contribution < 1.29 is 23.6 Å². The van der Waals surface area contributed by atoms with Crippen LogP contribution in [0.4, 0.5) is 0 Å². The maximum Gasteiger partial charge on any atom is 0.255 e. The lowest BCUT2D eigenvalue weighted by atomic mass is 10.1. The maximum absolute atomic E-state index is 13.8. The lowest BCUT2D eigenvalue weighted by molar-refractivity contribution is -0.137. The summed E-state index contributed by atoms with van der Waals surface area (Å²) in [5.41, 5.74) is 2.15. The normalized spacial score (nSPS) is 21.5. The molecule has 1 aromatic carbocycles.